The molecule has 0 radical (unpaired) electrons. The normalized spacial score (nSPS) is 12.5. The zero-order valence-corrected chi connectivity index (χ0v) is 10.3. The van der Waals surface area contributed by atoms with Crippen LogP contribution in [0.3, 0.4) is 0 Å². The molecule has 1 N–H and O–H groups in total. The van der Waals surface area contributed by atoms with Gasteiger partial charge in [0.05, 0.1) is 10.7 Å². The summed E-state index contributed by atoms with van der Waals surface area (Å²) >= 11 is 11.6. The SMILES string of the molecule is CC(Cl)c1nnc(Nc2cc(F)ccc2Cl)o1. The number of halogens is 3. The molecule has 1 atom stereocenters. The molecule has 1 heterocycles. The smallest absolute Gasteiger partial charge is 0.320 e. The van der Waals surface area contributed by atoms with Crippen LogP contribution in [-0.2, 0) is 0 Å². The molecule has 4 nitrogen and oxygen atoms in total. The Bertz CT molecular complexity index is 530. The third kappa shape index (κ3) is 2.87. The number of rotatable bonds is 3. The van der Waals surface area contributed by atoms with E-state index in [-0.39, 0.29) is 17.3 Å². The van der Waals surface area contributed by atoms with E-state index in [0.29, 0.717) is 10.7 Å². The second-order valence-corrected chi connectivity index (χ2v) is 4.37. The van der Waals surface area contributed by atoms with E-state index in [1.54, 1.807) is 6.92 Å². The molecule has 1 aromatic heterocycles. The Balaban J connectivity index is 2.22. The Kier molecular flexibility index (Phi) is 3.49. The second kappa shape index (κ2) is 4.89. The van der Waals surface area contributed by atoms with Crippen LogP contribution < -0.4 is 5.32 Å². The number of aromatic nitrogens is 2. The first-order valence-electron chi connectivity index (χ1n) is 4.76. The predicted octanol–water partition coefficient (Wildman–Crippen LogP) is 3.91. The fourth-order valence-electron chi connectivity index (χ4n) is 1.15. The highest BCUT2D eigenvalue weighted by Gasteiger charge is 2.12. The fourth-order valence-corrected chi connectivity index (χ4v) is 1.41. The average molecular weight is 276 g/mol. The van der Waals surface area contributed by atoms with Crippen LogP contribution in [0.15, 0.2) is 22.6 Å². The number of nitrogens with zero attached hydrogens (tertiary/aromatic N) is 2. The Labute approximate surface area is 107 Å². The molecule has 0 spiro atoms. The fraction of sp³-hybridized carbons (Fsp3) is 0.200. The highest BCUT2D eigenvalue weighted by molar-refractivity contribution is 6.33. The van der Waals surface area contributed by atoms with Crippen molar-refractivity contribution >= 4 is 34.9 Å². The molecule has 0 amide bonds. The molecule has 2 aromatic rings. The maximum absolute atomic E-state index is 13.0. The minimum absolute atomic E-state index is 0.111. The molecule has 1 aromatic carbocycles. The quantitative estimate of drug-likeness (QED) is 0.863. The Morgan fingerprint density at radius 3 is 2.82 bits per heavy atom. The zero-order valence-electron chi connectivity index (χ0n) is 8.75. The van der Waals surface area contributed by atoms with Crippen molar-refractivity contribution in [1.29, 1.82) is 0 Å². The van der Waals surface area contributed by atoms with Crippen molar-refractivity contribution < 1.29 is 8.81 Å². The van der Waals surface area contributed by atoms with E-state index in [2.05, 4.69) is 15.5 Å². The maximum Gasteiger partial charge on any atom is 0.320 e. The summed E-state index contributed by atoms with van der Waals surface area (Å²) in [6, 6.07) is 4.03. The van der Waals surface area contributed by atoms with Crippen molar-refractivity contribution in [3.8, 4) is 0 Å². The van der Waals surface area contributed by atoms with Crippen LogP contribution in [0, 0.1) is 5.82 Å². The summed E-state index contributed by atoms with van der Waals surface area (Å²) in [5.41, 5.74) is 0.351. The van der Waals surface area contributed by atoms with Crippen LogP contribution in [0.2, 0.25) is 5.02 Å². The summed E-state index contributed by atoms with van der Waals surface area (Å²) in [5, 5.41) is 10.1. The van der Waals surface area contributed by atoms with E-state index in [1.165, 1.54) is 18.2 Å². The molecular formula is C10H8Cl2FN3O. The van der Waals surface area contributed by atoms with Crippen LogP contribution in [0.5, 0.6) is 0 Å². The molecule has 17 heavy (non-hydrogen) atoms. The average Bonchev–Trinajstić information content (AvgIpc) is 2.72. The van der Waals surface area contributed by atoms with E-state index in [0.717, 1.165) is 0 Å². The number of hydrogen-bond donors (Lipinski definition) is 1. The zero-order chi connectivity index (χ0) is 12.4. The van der Waals surface area contributed by atoms with Gasteiger partial charge in [0.15, 0.2) is 0 Å². The lowest BCUT2D eigenvalue weighted by atomic mass is 10.3. The molecule has 90 valence electrons. The molecule has 0 saturated heterocycles. The molecule has 0 aliphatic carbocycles. The first-order chi connectivity index (χ1) is 8.06. The third-order valence-electron chi connectivity index (χ3n) is 1.95. The van der Waals surface area contributed by atoms with Crippen molar-refractivity contribution in [1.82, 2.24) is 10.2 Å². The van der Waals surface area contributed by atoms with Gasteiger partial charge in [-0.05, 0) is 25.1 Å². The van der Waals surface area contributed by atoms with Gasteiger partial charge in [-0.3, -0.25) is 0 Å². The number of alkyl halides is 1. The van der Waals surface area contributed by atoms with E-state index >= 15 is 0 Å². The van der Waals surface area contributed by atoms with Crippen LogP contribution in [-0.4, -0.2) is 10.2 Å². The largest absolute Gasteiger partial charge is 0.406 e. The van der Waals surface area contributed by atoms with Gasteiger partial charge in [0.25, 0.3) is 0 Å². The number of hydrogen-bond acceptors (Lipinski definition) is 4. The summed E-state index contributed by atoms with van der Waals surface area (Å²) < 4.78 is 18.2. The molecule has 0 saturated carbocycles. The van der Waals surface area contributed by atoms with Crippen LogP contribution in [0.4, 0.5) is 16.1 Å². The van der Waals surface area contributed by atoms with Gasteiger partial charge in [0.2, 0.25) is 5.89 Å². The molecule has 7 heteroatoms. The maximum atomic E-state index is 13.0. The summed E-state index contributed by atoms with van der Waals surface area (Å²) in [7, 11) is 0. The third-order valence-corrected chi connectivity index (χ3v) is 2.47. The van der Waals surface area contributed by atoms with Gasteiger partial charge < -0.3 is 9.73 Å². The molecule has 0 bridgehead atoms. The number of nitrogens with one attached hydrogen (secondary N) is 1. The Morgan fingerprint density at radius 1 is 1.41 bits per heavy atom. The monoisotopic (exact) mass is 275 g/mol. The van der Waals surface area contributed by atoms with Gasteiger partial charge in [-0.1, -0.05) is 16.7 Å². The van der Waals surface area contributed by atoms with Gasteiger partial charge in [-0.25, -0.2) is 4.39 Å². The van der Waals surface area contributed by atoms with Crippen molar-refractivity contribution in [3.63, 3.8) is 0 Å². The highest BCUT2D eigenvalue weighted by Crippen LogP contribution is 2.27. The molecule has 0 fully saturated rings. The van der Waals surface area contributed by atoms with E-state index < -0.39 is 5.82 Å². The van der Waals surface area contributed by atoms with Crippen molar-refractivity contribution in [2.24, 2.45) is 0 Å². The van der Waals surface area contributed by atoms with Crippen LogP contribution in [0.25, 0.3) is 0 Å². The van der Waals surface area contributed by atoms with Crippen molar-refractivity contribution in [2.75, 3.05) is 5.32 Å². The Hall–Kier alpha value is -1.33. The molecule has 1 unspecified atom stereocenters. The van der Waals surface area contributed by atoms with Crippen LogP contribution in [0.1, 0.15) is 18.2 Å². The summed E-state index contributed by atoms with van der Waals surface area (Å²) in [6.45, 7) is 1.70. The second-order valence-electron chi connectivity index (χ2n) is 3.31. The Morgan fingerprint density at radius 2 is 2.18 bits per heavy atom. The van der Waals surface area contributed by atoms with E-state index in [4.69, 9.17) is 27.6 Å². The summed E-state index contributed by atoms with van der Waals surface area (Å²) in [4.78, 5) is 0. The summed E-state index contributed by atoms with van der Waals surface area (Å²) in [6.07, 6.45) is 0. The lowest BCUT2D eigenvalue weighted by molar-refractivity contribution is 0.510. The van der Waals surface area contributed by atoms with Gasteiger partial charge in [-0.15, -0.1) is 16.7 Å². The summed E-state index contributed by atoms with van der Waals surface area (Å²) in [5.74, 6) is -0.135. The molecule has 0 aliphatic rings. The first kappa shape index (κ1) is 12.1. The lowest BCUT2D eigenvalue weighted by Crippen LogP contribution is -1.92. The van der Waals surface area contributed by atoms with Gasteiger partial charge in [0.1, 0.15) is 11.2 Å². The first-order valence-corrected chi connectivity index (χ1v) is 5.57. The topological polar surface area (TPSA) is 51.0 Å². The minimum Gasteiger partial charge on any atom is -0.406 e. The molecule has 2 rings (SSSR count). The van der Waals surface area contributed by atoms with Crippen LogP contribution >= 0.6 is 23.2 Å². The highest BCUT2D eigenvalue weighted by atomic mass is 35.5. The molecule has 0 aliphatic heterocycles. The van der Waals surface area contributed by atoms with Gasteiger partial charge >= 0.3 is 6.01 Å². The van der Waals surface area contributed by atoms with E-state index in [1.807, 2.05) is 0 Å². The lowest BCUT2D eigenvalue weighted by Gasteiger charge is -2.03. The van der Waals surface area contributed by atoms with Gasteiger partial charge in [-0.2, -0.15) is 0 Å². The minimum atomic E-state index is -0.414. The molecular weight excluding hydrogens is 268 g/mol. The number of anilines is 2. The van der Waals surface area contributed by atoms with E-state index in [9.17, 15) is 4.39 Å². The standard InChI is InChI=1S/C10H8Cl2FN3O/c1-5(11)9-15-16-10(17-9)14-8-4-6(13)2-3-7(8)12/h2-5H,1H3,(H,14,16). The predicted molar refractivity (Wildman–Crippen MR) is 63.3 cm³/mol. The van der Waals surface area contributed by atoms with Crippen molar-refractivity contribution in [2.45, 2.75) is 12.3 Å². The van der Waals surface area contributed by atoms with Crippen molar-refractivity contribution in [3.05, 3.63) is 34.9 Å². The van der Waals surface area contributed by atoms with Gasteiger partial charge in [0, 0.05) is 0 Å². The number of benzene rings is 1.